The Balaban J connectivity index is 2.36. The molecule has 2 rings (SSSR count). The second-order valence-electron chi connectivity index (χ2n) is 3.66. The molecule has 0 fully saturated rings. The molecule has 96 valence electrons. The highest BCUT2D eigenvalue weighted by atomic mass is 32.2. The lowest BCUT2D eigenvalue weighted by molar-refractivity contribution is 0.600. The first kappa shape index (κ1) is 12.9. The number of nitriles is 1. The average molecular weight is 275 g/mol. The van der Waals surface area contributed by atoms with E-state index in [0.29, 0.717) is 11.1 Å². The highest BCUT2D eigenvalue weighted by Crippen LogP contribution is 2.16. The quantitative estimate of drug-likeness (QED) is 0.889. The lowest BCUT2D eigenvalue weighted by Crippen LogP contribution is -2.15. The number of nitrogens with zero attached hydrogens (tertiary/aromatic N) is 4. The Morgan fingerprint density at radius 1 is 1.32 bits per heavy atom. The van der Waals surface area contributed by atoms with Gasteiger partial charge in [-0.25, -0.2) is 18.1 Å². The van der Waals surface area contributed by atoms with E-state index in [0.717, 1.165) is 0 Å². The summed E-state index contributed by atoms with van der Waals surface area (Å²) >= 11 is 0. The first-order valence-corrected chi connectivity index (χ1v) is 6.68. The molecule has 1 N–H and O–H groups in total. The number of sulfonamides is 1. The molecule has 7 nitrogen and oxygen atoms in total. The molecule has 0 spiro atoms. The van der Waals surface area contributed by atoms with Gasteiger partial charge in [-0.2, -0.15) is 10.4 Å². The van der Waals surface area contributed by atoms with Gasteiger partial charge in [0, 0.05) is 0 Å². The lowest BCUT2D eigenvalue weighted by atomic mass is 10.1. The summed E-state index contributed by atoms with van der Waals surface area (Å²) in [6.07, 6.45) is 2.67. The smallest absolute Gasteiger partial charge is 0.246 e. The molecule has 0 radical (unpaired) electrons. The number of hydrogen-bond donors (Lipinski definition) is 1. The summed E-state index contributed by atoms with van der Waals surface area (Å²) in [7, 11) is -3.79. The van der Waals surface area contributed by atoms with Gasteiger partial charge in [0.2, 0.25) is 0 Å². The number of hydrogen-bond acceptors (Lipinski definition) is 6. The summed E-state index contributed by atoms with van der Waals surface area (Å²) in [6.45, 7) is 1.66. The highest BCUT2D eigenvalue weighted by molar-refractivity contribution is 7.92. The van der Waals surface area contributed by atoms with Gasteiger partial charge >= 0.3 is 0 Å². The van der Waals surface area contributed by atoms with Crippen molar-refractivity contribution in [2.45, 2.75) is 11.8 Å². The van der Waals surface area contributed by atoms with Gasteiger partial charge < -0.3 is 0 Å². The summed E-state index contributed by atoms with van der Waals surface area (Å²) in [6, 6.07) is 6.19. The van der Waals surface area contributed by atoms with E-state index in [4.69, 9.17) is 5.26 Å². The van der Waals surface area contributed by atoms with Gasteiger partial charge in [0.05, 0.1) is 28.9 Å². The molecule has 1 heterocycles. The zero-order valence-corrected chi connectivity index (χ0v) is 10.7. The number of anilines is 1. The van der Waals surface area contributed by atoms with Gasteiger partial charge in [-0.1, -0.05) is 0 Å². The van der Waals surface area contributed by atoms with Crippen LogP contribution in [0.15, 0.2) is 35.5 Å². The number of rotatable bonds is 3. The van der Waals surface area contributed by atoms with Crippen LogP contribution in [0.25, 0.3) is 0 Å². The first-order chi connectivity index (χ1) is 9.03. The molecule has 0 aliphatic rings. The second-order valence-corrected chi connectivity index (χ2v) is 5.34. The molecule has 1 aromatic heterocycles. The predicted octanol–water partition coefficient (Wildman–Crippen LogP) is 0.852. The first-order valence-electron chi connectivity index (χ1n) is 5.20. The number of benzene rings is 1. The summed E-state index contributed by atoms with van der Waals surface area (Å²) in [5, 5.41) is 15.9. The number of aryl methyl sites for hydroxylation is 1. The molecule has 0 atom stereocenters. The van der Waals surface area contributed by atoms with Gasteiger partial charge in [-0.05, 0) is 30.7 Å². The molecule has 1 aromatic carbocycles. The lowest BCUT2D eigenvalue weighted by Gasteiger charge is -2.07. The zero-order valence-electron chi connectivity index (χ0n) is 9.90. The molecule has 0 bridgehead atoms. The van der Waals surface area contributed by atoms with Gasteiger partial charge in [-0.15, -0.1) is 5.10 Å². The fraction of sp³-hybridized carbons (Fsp3) is 0.0909. The van der Waals surface area contributed by atoms with Crippen LogP contribution in [-0.4, -0.2) is 23.6 Å². The van der Waals surface area contributed by atoms with Crippen LogP contribution in [0.2, 0.25) is 0 Å². The molecule has 0 saturated carbocycles. The molecular weight excluding hydrogens is 266 g/mol. The van der Waals surface area contributed by atoms with Crippen LogP contribution < -0.4 is 4.72 Å². The third kappa shape index (κ3) is 2.83. The van der Waals surface area contributed by atoms with Crippen molar-refractivity contribution in [2.75, 3.05) is 4.72 Å². The van der Waals surface area contributed by atoms with Gasteiger partial charge in [0.25, 0.3) is 16.0 Å². The maximum Gasteiger partial charge on any atom is 0.264 e. The van der Waals surface area contributed by atoms with Crippen LogP contribution in [0.3, 0.4) is 0 Å². The van der Waals surface area contributed by atoms with Crippen LogP contribution in [0.1, 0.15) is 11.1 Å². The number of aromatic nitrogens is 3. The van der Waals surface area contributed by atoms with Crippen molar-refractivity contribution in [1.82, 2.24) is 15.2 Å². The Hall–Kier alpha value is -2.53. The van der Waals surface area contributed by atoms with Crippen LogP contribution in [0.4, 0.5) is 5.95 Å². The number of nitrogens with one attached hydrogen (secondary N) is 1. The van der Waals surface area contributed by atoms with Gasteiger partial charge in [0.15, 0.2) is 0 Å². The topological polar surface area (TPSA) is 109 Å². The van der Waals surface area contributed by atoms with Crippen molar-refractivity contribution in [2.24, 2.45) is 0 Å². The molecule has 0 aliphatic heterocycles. The van der Waals surface area contributed by atoms with Crippen molar-refractivity contribution in [1.29, 1.82) is 5.26 Å². The third-order valence-electron chi connectivity index (χ3n) is 2.34. The van der Waals surface area contributed by atoms with E-state index in [1.54, 1.807) is 6.92 Å². The van der Waals surface area contributed by atoms with Gasteiger partial charge in [0.1, 0.15) is 0 Å². The molecular formula is C11H9N5O2S. The Morgan fingerprint density at radius 3 is 2.68 bits per heavy atom. The van der Waals surface area contributed by atoms with Crippen molar-refractivity contribution in [3.8, 4) is 6.07 Å². The van der Waals surface area contributed by atoms with E-state index in [9.17, 15) is 8.42 Å². The molecule has 0 aliphatic carbocycles. The summed E-state index contributed by atoms with van der Waals surface area (Å²) in [5.74, 6) is -0.107. The molecule has 0 saturated heterocycles. The Morgan fingerprint density at radius 2 is 2.11 bits per heavy atom. The molecule has 2 aromatic rings. The second kappa shape index (κ2) is 4.99. The fourth-order valence-electron chi connectivity index (χ4n) is 1.40. The van der Waals surface area contributed by atoms with E-state index in [1.807, 2.05) is 6.07 Å². The highest BCUT2D eigenvalue weighted by Gasteiger charge is 2.16. The van der Waals surface area contributed by atoms with Crippen molar-refractivity contribution in [3.63, 3.8) is 0 Å². The van der Waals surface area contributed by atoms with Gasteiger partial charge in [-0.3, -0.25) is 0 Å². The summed E-state index contributed by atoms with van der Waals surface area (Å²) in [4.78, 5) is 3.77. The van der Waals surface area contributed by atoms with Crippen LogP contribution in [-0.2, 0) is 10.0 Å². The van der Waals surface area contributed by atoms with Crippen molar-refractivity contribution >= 4 is 16.0 Å². The van der Waals surface area contributed by atoms with E-state index in [2.05, 4.69) is 19.9 Å². The SMILES string of the molecule is Cc1cc(S(=O)(=O)Nc2nccnn2)ccc1C#N. The zero-order chi connectivity index (χ0) is 13.9. The van der Waals surface area contributed by atoms with E-state index in [1.165, 1.54) is 30.6 Å². The molecule has 19 heavy (non-hydrogen) atoms. The van der Waals surface area contributed by atoms with Crippen LogP contribution >= 0.6 is 0 Å². The summed E-state index contributed by atoms with van der Waals surface area (Å²) in [5.41, 5.74) is 1.01. The fourth-order valence-corrected chi connectivity index (χ4v) is 2.43. The monoisotopic (exact) mass is 275 g/mol. The van der Waals surface area contributed by atoms with E-state index >= 15 is 0 Å². The Bertz CT molecular complexity index is 737. The molecule has 8 heteroatoms. The van der Waals surface area contributed by atoms with Crippen molar-refractivity contribution in [3.05, 3.63) is 41.7 Å². The van der Waals surface area contributed by atoms with E-state index < -0.39 is 10.0 Å². The predicted molar refractivity (Wildman–Crippen MR) is 66.5 cm³/mol. The molecule has 0 unspecified atom stereocenters. The standard InChI is InChI=1S/C11H9N5O2S/c1-8-6-10(3-2-9(8)7-12)19(17,18)16-11-13-4-5-14-15-11/h2-6H,1H3,(H,13,15,16). The van der Waals surface area contributed by atoms with Crippen LogP contribution in [0, 0.1) is 18.3 Å². The van der Waals surface area contributed by atoms with E-state index in [-0.39, 0.29) is 10.8 Å². The Kier molecular flexibility index (Phi) is 3.39. The Labute approximate surface area is 110 Å². The minimum absolute atomic E-state index is 0.0384. The normalized spacial score (nSPS) is 10.7. The summed E-state index contributed by atoms with van der Waals surface area (Å²) < 4.78 is 26.3. The third-order valence-corrected chi connectivity index (χ3v) is 3.66. The van der Waals surface area contributed by atoms with Crippen molar-refractivity contribution < 1.29 is 8.42 Å². The maximum absolute atomic E-state index is 12.1. The largest absolute Gasteiger partial charge is 0.264 e. The maximum atomic E-state index is 12.1. The minimum Gasteiger partial charge on any atom is -0.246 e. The van der Waals surface area contributed by atoms with Crippen LogP contribution in [0.5, 0.6) is 0 Å². The average Bonchev–Trinajstić information content (AvgIpc) is 2.39. The minimum atomic E-state index is -3.79. The molecule has 0 amide bonds.